The largest absolute Gasteiger partial charge is 0.273 e. The molecule has 1 radical (unpaired) electrons. The molecule has 1 aliphatic rings. The average molecular weight is 112 g/mol. The molecule has 45 valence electrons. The van der Waals surface area contributed by atoms with Crippen molar-refractivity contribution in [3.8, 4) is 0 Å². The zero-order valence-corrected chi connectivity index (χ0v) is 4.98. The summed E-state index contributed by atoms with van der Waals surface area (Å²) in [5, 5.41) is 0. The lowest BCUT2D eigenvalue weighted by Gasteiger charge is -1.84. The molecule has 2 heteroatoms. The van der Waals surface area contributed by atoms with Gasteiger partial charge in [0.1, 0.15) is 0 Å². The summed E-state index contributed by atoms with van der Waals surface area (Å²) in [5.41, 5.74) is 6.69. The minimum Gasteiger partial charge on any atom is -0.273 e. The topological polar surface area (TPSA) is 40.9 Å². The minimum absolute atomic E-state index is 0.111. The number of amides is 1. The highest BCUT2D eigenvalue weighted by Crippen LogP contribution is 2.40. The maximum absolute atomic E-state index is 10.2. The summed E-state index contributed by atoms with van der Waals surface area (Å²) in [4.78, 5) is 10.2. The van der Waals surface area contributed by atoms with Crippen LogP contribution >= 0.6 is 0 Å². The first kappa shape index (κ1) is 5.60. The number of nitrogens with one attached hydrogen (secondary N) is 1. The van der Waals surface area contributed by atoms with Gasteiger partial charge in [-0.3, -0.25) is 10.5 Å². The molecule has 1 aliphatic carbocycles. The van der Waals surface area contributed by atoms with Gasteiger partial charge in [0, 0.05) is 5.92 Å². The molecule has 0 saturated heterocycles. The lowest BCUT2D eigenvalue weighted by atomic mass is 10.2. The SMILES string of the molecule is CCC1CC1C([NH])=O. The maximum atomic E-state index is 10.2. The van der Waals surface area contributed by atoms with E-state index in [1.807, 2.05) is 0 Å². The van der Waals surface area contributed by atoms with Crippen LogP contribution in [0.25, 0.3) is 0 Å². The Kier molecular flexibility index (Phi) is 1.24. The standard InChI is InChI=1S/C6H10NO/c1-2-4-3-5(4)6(7)8/h4-5,7H,2-3H2,1H3. The van der Waals surface area contributed by atoms with Crippen molar-refractivity contribution in [1.29, 1.82) is 0 Å². The molecule has 0 aromatic heterocycles. The van der Waals surface area contributed by atoms with Gasteiger partial charge in [0.15, 0.2) is 0 Å². The lowest BCUT2D eigenvalue weighted by Crippen LogP contribution is -2.01. The first-order chi connectivity index (χ1) is 3.75. The maximum Gasteiger partial charge on any atom is 0.241 e. The fourth-order valence-corrected chi connectivity index (χ4v) is 1.02. The van der Waals surface area contributed by atoms with Gasteiger partial charge in [0.2, 0.25) is 5.91 Å². The first-order valence-corrected chi connectivity index (χ1v) is 3.01. The molecule has 1 N–H and O–H groups in total. The zero-order valence-electron chi connectivity index (χ0n) is 4.98. The van der Waals surface area contributed by atoms with Gasteiger partial charge in [-0.1, -0.05) is 13.3 Å². The van der Waals surface area contributed by atoms with Gasteiger partial charge < -0.3 is 0 Å². The fourth-order valence-electron chi connectivity index (χ4n) is 1.02. The van der Waals surface area contributed by atoms with Crippen LogP contribution in [0.3, 0.4) is 0 Å². The normalized spacial score (nSPS) is 34.6. The molecule has 0 spiro atoms. The molecule has 1 saturated carbocycles. The number of hydrogen-bond donors (Lipinski definition) is 0. The Balaban J connectivity index is 2.26. The van der Waals surface area contributed by atoms with Gasteiger partial charge in [-0.05, 0) is 12.3 Å². The monoisotopic (exact) mass is 112 g/mol. The van der Waals surface area contributed by atoms with Crippen LogP contribution in [0.4, 0.5) is 0 Å². The van der Waals surface area contributed by atoms with Crippen molar-refractivity contribution in [2.75, 3.05) is 0 Å². The molecular formula is C6H10NO. The summed E-state index contributed by atoms with van der Waals surface area (Å²) in [7, 11) is 0. The molecular weight excluding hydrogens is 102 g/mol. The predicted molar refractivity (Wildman–Crippen MR) is 30.0 cm³/mol. The first-order valence-electron chi connectivity index (χ1n) is 3.01. The quantitative estimate of drug-likeness (QED) is 0.522. The van der Waals surface area contributed by atoms with Crippen molar-refractivity contribution in [1.82, 2.24) is 5.73 Å². The van der Waals surface area contributed by atoms with E-state index in [0.717, 1.165) is 12.8 Å². The van der Waals surface area contributed by atoms with Crippen molar-refractivity contribution in [2.45, 2.75) is 19.8 Å². The molecule has 8 heavy (non-hydrogen) atoms. The van der Waals surface area contributed by atoms with Gasteiger partial charge in [-0.25, -0.2) is 0 Å². The molecule has 0 aromatic carbocycles. The predicted octanol–water partition coefficient (Wildman–Crippen LogP) is 0.842. The molecule has 2 nitrogen and oxygen atoms in total. The third-order valence-corrected chi connectivity index (χ3v) is 1.78. The molecule has 0 heterocycles. The summed E-state index contributed by atoms with van der Waals surface area (Å²) < 4.78 is 0. The summed E-state index contributed by atoms with van der Waals surface area (Å²) >= 11 is 0. The second kappa shape index (κ2) is 1.77. The summed E-state index contributed by atoms with van der Waals surface area (Å²) in [5.74, 6) is 0.303. The Hall–Kier alpha value is -0.530. The van der Waals surface area contributed by atoms with E-state index in [4.69, 9.17) is 5.73 Å². The van der Waals surface area contributed by atoms with E-state index >= 15 is 0 Å². The summed E-state index contributed by atoms with van der Waals surface area (Å²) in [6, 6.07) is 0. The van der Waals surface area contributed by atoms with Gasteiger partial charge in [0.25, 0.3) is 0 Å². The lowest BCUT2D eigenvalue weighted by molar-refractivity contribution is -0.120. The van der Waals surface area contributed by atoms with Crippen molar-refractivity contribution in [2.24, 2.45) is 11.8 Å². The van der Waals surface area contributed by atoms with Crippen LogP contribution in [-0.4, -0.2) is 5.91 Å². The third-order valence-electron chi connectivity index (χ3n) is 1.78. The van der Waals surface area contributed by atoms with E-state index in [1.54, 1.807) is 0 Å². The van der Waals surface area contributed by atoms with Gasteiger partial charge in [0.05, 0.1) is 0 Å². The molecule has 0 aliphatic heterocycles. The molecule has 1 amide bonds. The highest BCUT2D eigenvalue weighted by molar-refractivity contribution is 5.78. The van der Waals surface area contributed by atoms with Crippen LogP contribution in [0.5, 0.6) is 0 Å². The van der Waals surface area contributed by atoms with Crippen LogP contribution < -0.4 is 5.73 Å². The van der Waals surface area contributed by atoms with E-state index in [-0.39, 0.29) is 11.8 Å². The number of carbonyl (C=O) groups excluding carboxylic acids is 1. The number of rotatable bonds is 2. The van der Waals surface area contributed by atoms with E-state index in [0.29, 0.717) is 5.92 Å². The summed E-state index contributed by atoms with van der Waals surface area (Å²) in [6.07, 6.45) is 2.04. The number of hydrogen-bond acceptors (Lipinski definition) is 1. The van der Waals surface area contributed by atoms with E-state index in [2.05, 4.69) is 6.92 Å². The van der Waals surface area contributed by atoms with Crippen LogP contribution in [0.1, 0.15) is 19.8 Å². The average Bonchev–Trinajstić information content (AvgIpc) is 2.42. The van der Waals surface area contributed by atoms with Crippen LogP contribution in [0.15, 0.2) is 0 Å². The highest BCUT2D eigenvalue weighted by atomic mass is 16.1. The third kappa shape index (κ3) is 0.831. The molecule has 0 aromatic rings. The molecule has 1 fully saturated rings. The van der Waals surface area contributed by atoms with Crippen LogP contribution in [0.2, 0.25) is 0 Å². The smallest absolute Gasteiger partial charge is 0.241 e. The Morgan fingerprint density at radius 3 is 2.62 bits per heavy atom. The molecule has 0 bridgehead atoms. The fraction of sp³-hybridized carbons (Fsp3) is 0.833. The summed E-state index contributed by atoms with van der Waals surface area (Å²) in [6.45, 7) is 2.06. The van der Waals surface area contributed by atoms with Gasteiger partial charge in [-0.15, -0.1) is 0 Å². The second-order valence-corrected chi connectivity index (χ2v) is 2.37. The highest BCUT2D eigenvalue weighted by Gasteiger charge is 2.40. The van der Waals surface area contributed by atoms with Crippen molar-refractivity contribution < 1.29 is 4.79 Å². The second-order valence-electron chi connectivity index (χ2n) is 2.37. The van der Waals surface area contributed by atoms with Gasteiger partial charge in [-0.2, -0.15) is 0 Å². The van der Waals surface area contributed by atoms with Crippen molar-refractivity contribution in [3.05, 3.63) is 0 Å². The van der Waals surface area contributed by atoms with E-state index in [9.17, 15) is 4.79 Å². The van der Waals surface area contributed by atoms with Crippen molar-refractivity contribution >= 4 is 5.91 Å². The van der Waals surface area contributed by atoms with E-state index in [1.165, 1.54) is 0 Å². The van der Waals surface area contributed by atoms with Gasteiger partial charge >= 0.3 is 0 Å². The van der Waals surface area contributed by atoms with Crippen LogP contribution in [0, 0.1) is 11.8 Å². The van der Waals surface area contributed by atoms with E-state index < -0.39 is 0 Å². The minimum atomic E-state index is -0.364. The zero-order chi connectivity index (χ0) is 6.15. The Morgan fingerprint density at radius 2 is 2.50 bits per heavy atom. The Bertz CT molecular complexity index is 111. The number of carbonyl (C=O) groups is 1. The molecule has 2 atom stereocenters. The van der Waals surface area contributed by atoms with Crippen molar-refractivity contribution in [3.63, 3.8) is 0 Å². The Labute approximate surface area is 49.1 Å². The Morgan fingerprint density at radius 1 is 1.88 bits per heavy atom. The molecule has 2 unspecified atom stereocenters. The van der Waals surface area contributed by atoms with Crippen LogP contribution in [-0.2, 0) is 4.79 Å². The molecule has 1 rings (SSSR count).